The molecule has 0 radical (unpaired) electrons. The second kappa shape index (κ2) is 23.1. The Labute approximate surface area is 505 Å². The Hall–Kier alpha value is -10.7. The van der Waals surface area contributed by atoms with Crippen molar-refractivity contribution < 1.29 is 128 Å². The van der Waals surface area contributed by atoms with Crippen LogP contribution < -0.4 is 29.1 Å². The number of aliphatic hydroxyl groups is 5. The van der Waals surface area contributed by atoms with Crippen molar-refractivity contribution in [2.45, 2.75) is 67.5 Å². The highest BCUT2D eigenvalue weighted by atomic mass is 16.7. The fourth-order valence-electron chi connectivity index (χ4n) is 11.6. The second-order valence-corrected chi connectivity index (χ2v) is 21.5. The molecule has 1 fully saturated rings. The molecule has 0 amide bonds. The molecule has 1 saturated heterocycles. The van der Waals surface area contributed by atoms with Crippen molar-refractivity contribution in [3.05, 3.63) is 148 Å². The highest BCUT2D eigenvalue weighted by Crippen LogP contribution is 2.61. The molecule has 10 atom stereocenters. The van der Waals surface area contributed by atoms with Crippen LogP contribution in [0.4, 0.5) is 0 Å². The third kappa shape index (κ3) is 10.4. The molecule has 1 unspecified atom stereocenters. The molecule has 12 rings (SSSR count). The second-order valence-electron chi connectivity index (χ2n) is 21.5. The number of phenolic OH excluding ortho intramolecular Hbond substituents is 10. The molecule has 9 aromatic rings. The van der Waals surface area contributed by atoms with Gasteiger partial charge >= 0.3 is 11.4 Å². The first-order valence-electron chi connectivity index (χ1n) is 27.4. The summed E-state index contributed by atoms with van der Waals surface area (Å²) in [6.45, 7) is -0.879. The van der Waals surface area contributed by atoms with Gasteiger partial charge in [0.1, 0.15) is 93.3 Å². The Bertz CT molecular complexity index is 4390. The Balaban J connectivity index is 1.15. The molecule has 16 N–H and O–H groups in total. The summed E-state index contributed by atoms with van der Waals surface area (Å²) in [5, 5.41) is 168. The van der Waals surface area contributed by atoms with E-state index in [2.05, 4.69) is 0 Å². The van der Waals surface area contributed by atoms with E-state index in [1.54, 1.807) is 0 Å². The first-order chi connectivity index (χ1) is 43.0. The van der Waals surface area contributed by atoms with Gasteiger partial charge in [-0.05, 0) is 71.8 Å². The van der Waals surface area contributed by atoms with Crippen LogP contribution in [-0.4, -0.2) is 151 Å². The molecule has 466 valence electrons. The van der Waals surface area contributed by atoms with E-state index in [0.29, 0.717) is 5.56 Å². The molecule has 0 saturated carbocycles. The van der Waals surface area contributed by atoms with Gasteiger partial charge in [0.15, 0.2) is 58.2 Å². The minimum atomic E-state index is -2.05. The smallest absolute Gasteiger partial charge is 0.347 e. The summed E-state index contributed by atoms with van der Waals surface area (Å²) in [6.07, 6.45) is -14.1. The van der Waals surface area contributed by atoms with Crippen LogP contribution >= 0.6 is 0 Å². The first-order valence-corrected chi connectivity index (χ1v) is 27.4. The number of aliphatic hydroxyl groups excluding tert-OH is 5. The molecule has 7 aromatic carbocycles. The Morgan fingerprint density at radius 1 is 0.633 bits per heavy atom. The number of aromatic hydroxyl groups is 10. The molecular weight excluding hydrogens is 1180 g/mol. The van der Waals surface area contributed by atoms with Crippen LogP contribution in [0.25, 0.3) is 50.7 Å². The van der Waals surface area contributed by atoms with E-state index in [0.717, 1.165) is 48.5 Å². The highest BCUT2D eigenvalue weighted by molar-refractivity contribution is 6.11. The normalized spacial score (nSPS) is 22.1. The zero-order valence-electron chi connectivity index (χ0n) is 46.9. The number of carbonyl (C=O) groups excluding carboxylic acids is 1. The summed E-state index contributed by atoms with van der Waals surface area (Å²) >= 11 is 0. The average Bonchev–Trinajstić information content (AvgIpc) is 0.726. The lowest BCUT2D eigenvalue weighted by Crippen LogP contribution is -2.60. The maximum Gasteiger partial charge on any atom is 0.347 e. The van der Waals surface area contributed by atoms with Gasteiger partial charge in [0, 0.05) is 57.8 Å². The average molecular weight is 1240 g/mol. The molecule has 3 aliphatic rings. The maximum absolute atomic E-state index is 14.5. The summed E-state index contributed by atoms with van der Waals surface area (Å²) in [4.78, 5) is 25.9. The molecule has 0 aliphatic carbocycles. The van der Waals surface area contributed by atoms with Gasteiger partial charge in [-0.15, -0.1) is 0 Å². The van der Waals surface area contributed by atoms with Crippen molar-refractivity contribution in [2.75, 3.05) is 20.8 Å². The van der Waals surface area contributed by atoms with Crippen LogP contribution in [0.5, 0.6) is 86.2 Å². The number of rotatable bonds is 13. The van der Waals surface area contributed by atoms with Gasteiger partial charge in [0.05, 0.1) is 50.4 Å². The van der Waals surface area contributed by atoms with Crippen LogP contribution in [0.1, 0.15) is 51.5 Å². The number of fused-ring (bicyclic) bond motifs is 2. The predicted octanol–water partition coefficient (Wildman–Crippen LogP) is 5.70. The van der Waals surface area contributed by atoms with Gasteiger partial charge in [-0.2, -0.15) is 0 Å². The Kier molecular flexibility index (Phi) is 15.3. The summed E-state index contributed by atoms with van der Waals surface area (Å²) in [5.74, 6) is -11.4. The van der Waals surface area contributed by atoms with E-state index in [4.69, 9.17) is 42.0 Å². The minimum Gasteiger partial charge on any atom is -0.508 e. The summed E-state index contributed by atoms with van der Waals surface area (Å²) in [6, 6.07) is 20.5. The van der Waals surface area contributed by atoms with E-state index >= 15 is 0 Å². The zero-order chi connectivity index (χ0) is 63.9. The van der Waals surface area contributed by atoms with Crippen LogP contribution in [0.2, 0.25) is 0 Å². The number of hydrogen-bond donors (Lipinski definition) is 15. The van der Waals surface area contributed by atoms with Crippen molar-refractivity contribution in [3.63, 3.8) is 0 Å². The third-order valence-electron chi connectivity index (χ3n) is 15.9. The van der Waals surface area contributed by atoms with Gasteiger partial charge in [-0.25, -0.2) is 4.79 Å². The van der Waals surface area contributed by atoms with Crippen molar-refractivity contribution in [1.82, 2.24) is 0 Å². The molecule has 26 heteroatoms. The van der Waals surface area contributed by atoms with Gasteiger partial charge in [-0.1, -0.05) is 24.3 Å². The quantitative estimate of drug-likeness (QED) is 0.0285. The summed E-state index contributed by atoms with van der Waals surface area (Å²) in [5.41, 5.74) is -1.89. The summed E-state index contributed by atoms with van der Waals surface area (Å²) in [7, 11) is 2.49. The number of ether oxygens (including phenoxy) is 7. The molecule has 0 bridgehead atoms. The zero-order valence-corrected chi connectivity index (χ0v) is 46.9. The maximum atomic E-state index is 14.5. The highest BCUT2D eigenvalue weighted by Gasteiger charge is 2.51. The molecule has 90 heavy (non-hydrogen) atoms. The minimum absolute atomic E-state index is 0.00444. The van der Waals surface area contributed by atoms with Crippen molar-refractivity contribution in [2.24, 2.45) is 0 Å². The third-order valence-corrected chi connectivity index (χ3v) is 15.9. The SMILES string of the molecule is COc1cc(-c2oc3cc(=[OH+])cc4oc(-c5c(O)cc(O)c6c5O[C@H](c5ccc(O)c(O)c5)[C@@H](OC(=O)C=Cc5ccc(O)cc5)C6c5c(O)cc(O)c6c5O[C@H](c5ccc(O)c(O)c5)[C@@H](O)C6)cc(c2O[C@@H]2O[C@H](CO)[C@@H](O)[C@H](O)[C@H]2O)c43)cc(OC)c1O. The molecule has 2 aromatic heterocycles. The lowest BCUT2D eigenvalue weighted by molar-refractivity contribution is -0.277. The van der Waals surface area contributed by atoms with Crippen molar-refractivity contribution in [3.8, 4) is 109 Å². The molecule has 0 spiro atoms. The van der Waals surface area contributed by atoms with Crippen LogP contribution in [0.3, 0.4) is 0 Å². The largest absolute Gasteiger partial charge is 0.508 e. The summed E-state index contributed by atoms with van der Waals surface area (Å²) < 4.78 is 56.1. The monoisotopic (exact) mass is 1240 g/mol. The Morgan fingerprint density at radius 3 is 1.86 bits per heavy atom. The van der Waals surface area contributed by atoms with E-state index in [1.807, 2.05) is 0 Å². The van der Waals surface area contributed by atoms with Gasteiger partial charge in [0.2, 0.25) is 12.0 Å². The number of carbonyl (C=O) groups is 1. The molecular formula is C64H55O26+. The van der Waals surface area contributed by atoms with Crippen LogP contribution in [-0.2, 0) is 20.7 Å². The molecule has 26 nitrogen and oxygen atoms in total. The van der Waals surface area contributed by atoms with Gasteiger partial charge in [-0.3, -0.25) is 4.79 Å². The van der Waals surface area contributed by atoms with E-state index < -0.39 is 166 Å². The lowest BCUT2D eigenvalue weighted by Gasteiger charge is -2.42. The fraction of sp³-hybridized carbons (Fsp3) is 0.219. The standard InChI is InChI=1S/C64H54O26/c1-82-44-15-27(16-45(83-2)53(44)78)59-61(90-64-56(81)55(80)54(79)46(23-65)86-64)31-20-43(84-41-17-29(67)18-42(85-59)48(31)41)49-37(73)22-39(75)51-52(50-38(74)21-34(70)30-19-40(76)57(88-60(30)50)25-6-10-32(68)35(71)13-25)63(87-47(77)12-5-24-3-8-28(66)9-4-24)58(89-62(49)51)26-7-11-33(69)36(72)14-26/h3-18,20-22,40,46,52,54-58,63-66,68-76,78-81H,19,23H2,1-2H3/p+1/t40-,46+,52?,54+,55-,56+,57+,58+,63-,64-/m0/s1. The van der Waals surface area contributed by atoms with Crippen molar-refractivity contribution in [1.29, 1.82) is 0 Å². The lowest BCUT2D eigenvalue weighted by atomic mass is 9.76. The van der Waals surface area contributed by atoms with E-state index in [1.165, 1.54) is 81.0 Å². The molecule has 3 aliphatic heterocycles. The number of esters is 1. The van der Waals surface area contributed by atoms with Gasteiger partial charge in [0.25, 0.3) is 0 Å². The Morgan fingerprint density at radius 2 is 1.23 bits per heavy atom. The van der Waals surface area contributed by atoms with Crippen LogP contribution in [0, 0.1) is 0 Å². The number of benzene rings is 7. The van der Waals surface area contributed by atoms with Crippen LogP contribution in [0.15, 0.2) is 118 Å². The van der Waals surface area contributed by atoms with Gasteiger partial charge < -0.3 is 119 Å². The first kappa shape index (κ1) is 59.6. The fourth-order valence-corrected chi connectivity index (χ4v) is 11.6. The number of phenols is 10. The van der Waals surface area contributed by atoms with E-state index in [-0.39, 0.29) is 78.5 Å². The predicted molar refractivity (Wildman–Crippen MR) is 309 cm³/mol. The number of methoxy groups -OCH3 is 2. The topological polar surface area (TPSA) is 433 Å². The number of hydrogen-bond acceptors (Lipinski definition) is 25. The molecule has 5 heterocycles. The van der Waals surface area contributed by atoms with E-state index in [9.17, 15) is 86.2 Å². The van der Waals surface area contributed by atoms with Crippen molar-refractivity contribution >= 4 is 34.0 Å².